The lowest BCUT2D eigenvalue weighted by Gasteiger charge is -2.28. The van der Waals surface area contributed by atoms with Crippen molar-refractivity contribution >= 4 is 23.4 Å². The van der Waals surface area contributed by atoms with Crippen molar-refractivity contribution in [1.29, 1.82) is 0 Å². The third-order valence-electron chi connectivity index (χ3n) is 3.87. The van der Waals surface area contributed by atoms with Crippen molar-refractivity contribution in [3.63, 3.8) is 0 Å². The van der Waals surface area contributed by atoms with E-state index in [1.54, 1.807) is 16.5 Å². The number of nitrogens with zero attached hydrogens (tertiary/aromatic N) is 3. The first-order chi connectivity index (χ1) is 9.85. The second-order valence-corrected chi connectivity index (χ2v) is 5.87. The Morgan fingerprint density at radius 2 is 2.05 bits per heavy atom. The maximum Gasteiger partial charge on any atom is 0.245 e. The Bertz CT molecular complexity index is 570. The molecule has 6 nitrogen and oxygen atoms in total. The molecule has 2 atom stereocenters. The van der Waals surface area contributed by atoms with Crippen LogP contribution in [-0.2, 0) is 29.6 Å². The van der Waals surface area contributed by atoms with Crippen LogP contribution in [0.15, 0.2) is 0 Å². The number of halogens is 1. The van der Waals surface area contributed by atoms with Crippen molar-refractivity contribution in [1.82, 2.24) is 20.0 Å². The minimum absolute atomic E-state index is 0.0938. The summed E-state index contributed by atoms with van der Waals surface area (Å²) in [5.41, 5.74) is 1.63. The Labute approximate surface area is 129 Å². The summed E-state index contributed by atoms with van der Waals surface area (Å²) in [6.07, 6.45) is 1.04. The fraction of sp³-hybridized carbons (Fsp3) is 0.643. The van der Waals surface area contributed by atoms with Gasteiger partial charge in [0.1, 0.15) is 6.04 Å². The van der Waals surface area contributed by atoms with E-state index in [9.17, 15) is 9.59 Å². The lowest BCUT2D eigenvalue weighted by molar-refractivity contribution is -0.135. The van der Waals surface area contributed by atoms with E-state index >= 15 is 0 Å². The van der Waals surface area contributed by atoms with Crippen LogP contribution in [0.25, 0.3) is 0 Å². The third kappa shape index (κ3) is 3.05. The predicted octanol–water partition coefficient (Wildman–Crippen LogP) is 1.26. The summed E-state index contributed by atoms with van der Waals surface area (Å²) in [5.74, 6) is -0.195. The first kappa shape index (κ1) is 15.8. The normalized spacial score (nSPS) is 23.2. The van der Waals surface area contributed by atoms with Gasteiger partial charge in [0.15, 0.2) is 0 Å². The first-order valence-electron chi connectivity index (χ1n) is 7.15. The molecule has 1 aromatic heterocycles. The van der Waals surface area contributed by atoms with Crippen LogP contribution in [0.4, 0.5) is 0 Å². The van der Waals surface area contributed by atoms with Crippen molar-refractivity contribution in [3.05, 3.63) is 16.4 Å². The van der Waals surface area contributed by atoms with Crippen LogP contribution < -0.4 is 5.32 Å². The van der Waals surface area contributed by atoms with Gasteiger partial charge in [0.05, 0.1) is 23.0 Å². The summed E-state index contributed by atoms with van der Waals surface area (Å²) in [7, 11) is 1.82. The van der Waals surface area contributed by atoms with Gasteiger partial charge < -0.3 is 10.2 Å². The van der Waals surface area contributed by atoms with Crippen LogP contribution in [0.1, 0.15) is 38.6 Å². The number of nitrogens with one attached hydrogen (secondary N) is 1. The number of carbonyl (C=O) groups excluding carboxylic acids is 2. The van der Waals surface area contributed by atoms with Crippen LogP contribution in [0.5, 0.6) is 0 Å². The highest BCUT2D eigenvalue weighted by molar-refractivity contribution is 6.31. The zero-order valence-electron chi connectivity index (χ0n) is 12.8. The zero-order valence-corrected chi connectivity index (χ0v) is 13.6. The minimum atomic E-state index is -0.514. The Morgan fingerprint density at radius 3 is 2.62 bits per heavy atom. The second-order valence-electron chi connectivity index (χ2n) is 5.49. The summed E-state index contributed by atoms with van der Waals surface area (Å²) in [4.78, 5) is 25.8. The highest BCUT2D eigenvalue weighted by Gasteiger charge is 2.32. The van der Waals surface area contributed by atoms with E-state index < -0.39 is 6.04 Å². The van der Waals surface area contributed by atoms with E-state index in [4.69, 9.17) is 11.6 Å². The summed E-state index contributed by atoms with van der Waals surface area (Å²) in [6, 6.07) is -0.682. The Hall–Kier alpha value is -1.56. The molecule has 0 radical (unpaired) electrons. The highest BCUT2D eigenvalue weighted by atomic mass is 35.5. The summed E-state index contributed by atoms with van der Waals surface area (Å²) < 4.78 is 1.71. The standard InChI is InChI=1S/C14H21ClN4O2/c1-5-10-13(15)11(18(4)17-10)7-19-8(2)6-12(20)16-9(3)14(19)21/h8-9H,5-7H2,1-4H3,(H,16,20). The molecule has 1 aliphatic rings. The minimum Gasteiger partial charge on any atom is -0.345 e. The molecular weight excluding hydrogens is 292 g/mol. The molecule has 0 aliphatic carbocycles. The van der Waals surface area contributed by atoms with Gasteiger partial charge in [0, 0.05) is 19.5 Å². The molecule has 0 spiro atoms. The van der Waals surface area contributed by atoms with Gasteiger partial charge in [0.25, 0.3) is 0 Å². The fourth-order valence-corrected chi connectivity index (χ4v) is 2.95. The third-order valence-corrected chi connectivity index (χ3v) is 4.30. The quantitative estimate of drug-likeness (QED) is 0.913. The van der Waals surface area contributed by atoms with E-state index in [-0.39, 0.29) is 17.9 Å². The molecule has 116 valence electrons. The van der Waals surface area contributed by atoms with Gasteiger partial charge in [-0.05, 0) is 20.3 Å². The van der Waals surface area contributed by atoms with Crippen molar-refractivity contribution < 1.29 is 9.59 Å². The van der Waals surface area contributed by atoms with Crippen LogP contribution in [0.2, 0.25) is 5.02 Å². The number of aryl methyl sites for hydroxylation is 2. The SMILES string of the molecule is CCc1nn(C)c(CN2C(=O)C(C)NC(=O)CC2C)c1Cl. The first-order valence-corrected chi connectivity index (χ1v) is 7.53. The molecule has 1 fully saturated rings. The lowest BCUT2D eigenvalue weighted by atomic mass is 10.2. The molecule has 7 heteroatoms. The summed E-state index contributed by atoms with van der Waals surface area (Å²) in [6.45, 7) is 5.93. The molecule has 1 aromatic rings. The van der Waals surface area contributed by atoms with Crippen LogP contribution in [0, 0.1) is 0 Å². The number of amides is 2. The Morgan fingerprint density at radius 1 is 1.38 bits per heavy atom. The largest absolute Gasteiger partial charge is 0.345 e. The smallest absolute Gasteiger partial charge is 0.245 e. The van der Waals surface area contributed by atoms with Crippen molar-refractivity contribution in [2.24, 2.45) is 7.05 Å². The number of carbonyl (C=O) groups is 2. The van der Waals surface area contributed by atoms with Gasteiger partial charge in [-0.25, -0.2) is 0 Å². The molecule has 2 unspecified atom stereocenters. The summed E-state index contributed by atoms with van der Waals surface area (Å²) in [5, 5.41) is 7.67. The maximum atomic E-state index is 12.4. The average molecular weight is 313 g/mol. The van der Waals surface area contributed by atoms with E-state index in [1.165, 1.54) is 0 Å². The molecule has 0 aromatic carbocycles. The van der Waals surface area contributed by atoms with Crippen molar-refractivity contribution in [2.45, 2.75) is 52.2 Å². The molecule has 1 saturated heterocycles. The van der Waals surface area contributed by atoms with Crippen molar-refractivity contribution in [2.75, 3.05) is 0 Å². The zero-order chi connectivity index (χ0) is 15.7. The lowest BCUT2D eigenvalue weighted by Crippen LogP contribution is -2.44. The van der Waals surface area contributed by atoms with E-state index in [0.717, 1.165) is 17.8 Å². The molecule has 2 amide bonds. The Kier molecular flexibility index (Phi) is 4.56. The monoisotopic (exact) mass is 312 g/mol. The predicted molar refractivity (Wildman–Crippen MR) is 79.8 cm³/mol. The molecular formula is C14H21ClN4O2. The average Bonchev–Trinajstić information content (AvgIpc) is 2.64. The fourth-order valence-electron chi connectivity index (χ4n) is 2.59. The van der Waals surface area contributed by atoms with Gasteiger partial charge in [-0.1, -0.05) is 18.5 Å². The van der Waals surface area contributed by atoms with Gasteiger partial charge in [-0.3, -0.25) is 14.3 Å². The summed E-state index contributed by atoms with van der Waals surface area (Å²) >= 11 is 6.35. The highest BCUT2D eigenvalue weighted by Crippen LogP contribution is 2.24. The molecule has 21 heavy (non-hydrogen) atoms. The van der Waals surface area contributed by atoms with Gasteiger partial charge in [-0.2, -0.15) is 5.10 Å². The van der Waals surface area contributed by atoms with Gasteiger partial charge in [-0.15, -0.1) is 0 Å². The molecule has 0 saturated carbocycles. The number of rotatable bonds is 3. The van der Waals surface area contributed by atoms with Crippen LogP contribution >= 0.6 is 11.6 Å². The van der Waals surface area contributed by atoms with Gasteiger partial charge in [0.2, 0.25) is 11.8 Å². The van der Waals surface area contributed by atoms with E-state index in [2.05, 4.69) is 10.4 Å². The van der Waals surface area contributed by atoms with Gasteiger partial charge >= 0.3 is 0 Å². The van der Waals surface area contributed by atoms with Crippen LogP contribution in [0.3, 0.4) is 0 Å². The van der Waals surface area contributed by atoms with E-state index in [0.29, 0.717) is 18.0 Å². The Balaban J connectivity index is 2.30. The number of hydrogen-bond donors (Lipinski definition) is 1. The molecule has 1 aliphatic heterocycles. The van der Waals surface area contributed by atoms with Crippen molar-refractivity contribution in [3.8, 4) is 0 Å². The van der Waals surface area contributed by atoms with E-state index in [1.807, 2.05) is 20.9 Å². The molecule has 0 bridgehead atoms. The molecule has 2 heterocycles. The molecule has 1 N–H and O–H groups in total. The number of hydrogen-bond acceptors (Lipinski definition) is 3. The second kappa shape index (κ2) is 6.05. The molecule has 2 rings (SSSR count). The van der Waals surface area contributed by atoms with Crippen LogP contribution in [-0.4, -0.2) is 38.6 Å². The number of aromatic nitrogens is 2. The topological polar surface area (TPSA) is 67.2 Å². The maximum absolute atomic E-state index is 12.4.